The number of nitrogens with two attached hydrogens (primary N) is 1. The van der Waals surface area contributed by atoms with E-state index >= 15 is 0 Å². The number of anilines is 1. The minimum absolute atomic E-state index is 0.0983. The highest BCUT2D eigenvalue weighted by atomic mass is 32.2. The van der Waals surface area contributed by atoms with Crippen molar-refractivity contribution >= 4 is 53.4 Å². The number of carbonyl (C=O) groups is 1. The Kier molecular flexibility index (Phi) is 11.1. The van der Waals surface area contributed by atoms with E-state index in [1.165, 1.54) is 36.7 Å². The van der Waals surface area contributed by atoms with Crippen LogP contribution in [0.15, 0.2) is 48.8 Å². The van der Waals surface area contributed by atoms with Crippen molar-refractivity contribution in [3.05, 3.63) is 48.8 Å². The number of aromatic nitrogens is 4. The molecule has 1 unspecified atom stereocenters. The van der Waals surface area contributed by atoms with Crippen molar-refractivity contribution in [2.75, 3.05) is 38.1 Å². The summed E-state index contributed by atoms with van der Waals surface area (Å²) in [5.74, 6) is 0.198. The Morgan fingerprint density at radius 2 is 1.96 bits per heavy atom. The van der Waals surface area contributed by atoms with Crippen LogP contribution in [0.5, 0.6) is 11.6 Å². The standard InChI is InChI=1S/C32H43N6O9PS/c1-31(2,3)17-44-28(40)21(14-15-49-6)37-48(42,47-22-13-9-11-19-10-7-8-12-20(19)22)45-16-23-25(39)32(4,41)29(46-23)38-18-34-24-26(38)35-30(33)36-27(24)43-5/h7-13,18,21,23,25,29,39,41H,14-17H2,1-6H3,(H,37,42)(H2,33,35,36)/t21-,23+,25+,29+,32+,48?/m0/s1. The average molecular weight is 719 g/mol. The lowest BCUT2D eigenvalue weighted by molar-refractivity contribution is -0.148. The van der Waals surface area contributed by atoms with Crippen LogP contribution in [0.1, 0.15) is 40.3 Å². The smallest absolute Gasteiger partial charge is 0.459 e. The molecular weight excluding hydrogens is 675 g/mol. The molecule has 0 radical (unpaired) electrons. The van der Waals surface area contributed by atoms with E-state index in [9.17, 15) is 19.6 Å². The summed E-state index contributed by atoms with van der Waals surface area (Å²) >= 11 is 1.51. The number of nitrogens with one attached hydrogen (secondary N) is 1. The molecule has 0 aliphatic carbocycles. The normalized spacial score (nSPS) is 23.0. The van der Waals surface area contributed by atoms with E-state index in [0.717, 1.165) is 5.39 Å². The van der Waals surface area contributed by atoms with Gasteiger partial charge in [-0.15, -0.1) is 0 Å². The van der Waals surface area contributed by atoms with Crippen LogP contribution in [0.3, 0.4) is 0 Å². The number of thioether (sulfide) groups is 1. The van der Waals surface area contributed by atoms with Crippen molar-refractivity contribution in [3.8, 4) is 11.6 Å². The monoisotopic (exact) mass is 718 g/mol. The zero-order valence-electron chi connectivity index (χ0n) is 28.2. The maximum Gasteiger partial charge on any atom is 0.459 e. The molecule has 4 aromatic rings. The third-order valence-electron chi connectivity index (χ3n) is 7.84. The van der Waals surface area contributed by atoms with Crippen molar-refractivity contribution in [2.45, 2.75) is 64.2 Å². The Hall–Kier alpha value is -3.50. The third kappa shape index (κ3) is 8.28. The zero-order chi connectivity index (χ0) is 35.6. The summed E-state index contributed by atoms with van der Waals surface area (Å²) in [6, 6.07) is 11.6. The molecule has 6 atom stereocenters. The number of esters is 1. The summed E-state index contributed by atoms with van der Waals surface area (Å²) < 4.78 is 45.1. The second-order valence-corrected chi connectivity index (χ2v) is 15.8. The average Bonchev–Trinajstić information content (AvgIpc) is 3.57. The van der Waals surface area contributed by atoms with Crippen molar-refractivity contribution in [1.82, 2.24) is 24.6 Å². The minimum Gasteiger partial charge on any atom is -0.479 e. The number of nitrogen functional groups attached to an aromatic ring is 1. The summed E-state index contributed by atoms with van der Waals surface area (Å²) in [4.78, 5) is 25.9. The molecular formula is C32H43N6O9PS. The van der Waals surface area contributed by atoms with Gasteiger partial charge in [-0.05, 0) is 42.2 Å². The fourth-order valence-corrected chi connectivity index (χ4v) is 7.34. The van der Waals surface area contributed by atoms with Crippen LogP contribution in [0.4, 0.5) is 5.95 Å². The molecule has 0 spiro atoms. The second kappa shape index (κ2) is 14.8. The molecule has 0 saturated carbocycles. The molecule has 5 N–H and O–H groups in total. The third-order valence-corrected chi connectivity index (χ3v) is 10.0. The van der Waals surface area contributed by atoms with Crippen LogP contribution in [0.25, 0.3) is 21.9 Å². The Bertz CT molecular complexity index is 1830. The summed E-state index contributed by atoms with van der Waals surface area (Å²) in [7, 11) is -3.02. The minimum atomic E-state index is -4.42. The number of aliphatic hydroxyl groups is 2. The summed E-state index contributed by atoms with van der Waals surface area (Å²) in [5, 5.41) is 27.1. The van der Waals surface area contributed by atoms with Crippen molar-refractivity contribution < 1.29 is 42.8 Å². The highest BCUT2D eigenvalue weighted by molar-refractivity contribution is 7.98. The van der Waals surface area contributed by atoms with Crippen molar-refractivity contribution in [1.29, 1.82) is 0 Å². The molecule has 0 amide bonds. The van der Waals surface area contributed by atoms with E-state index in [1.54, 1.807) is 12.1 Å². The fourth-order valence-electron chi connectivity index (χ4n) is 5.31. The van der Waals surface area contributed by atoms with Gasteiger partial charge in [0.1, 0.15) is 29.6 Å². The molecule has 1 fully saturated rings. The molecule has 2 aromatic carbocycles. The topological polar surface area (TPSA) is 202 Å². The van der Waals surface area contributed by atoms with Gasteiger partial charge in [0, 0.05) is 5.39 Å². The number of hydrogen-bond donors (Lipinski definition) is 4. The molecule has 1 aliphatic heterocycles. The van der Waals surface area contributed by atoms with Crippen LogP contribution >= 0.6 is 19.5 Å². The van der Waals surface area contributed by atoms with E-state index in [-0.39, 0.29) is 47.2 Å². The van der Waals surface area contributed by atoms with Gasteiger partial charge in [0.15, 0.2) is 17.4 Å². The Morgan fingerprint density at radius 3 is 2.67 bits per heavy atom. The van der Waals surface area contributed by atoms with Gasteiger partial charge in [0.05, 0.1) is 26.7 Å². The van der Waals surface area contributed by atoms with Crippen LogP contribution < -0.4 is 20.1 Å². The highest BCUT2D eigenvalue weighted by Crippen LogP contribution is 2.49. The molecule has 49 heavy (non-hydrogen) atoms. The van der Waals surface area contributed by atoms with Gasteiger partial charge < -0.3 is 34.7 Å². The van der Waals surface area contributed by atoms with Crippen molar-refractivity contribution in [2.24, 2.45) is 5.41 Å². The first-order valence-electron chi connectivity index (χ1n) is 15.6. The SMILES string of the molecule is COc1nc(N)nc2c1ncn2[C@@H]1O[C@H](COP(=O)(N[C@@H](CCSC)C(=O)OCC(C)(C)C)Oc2cccc3ccccc23)[C@@H](O)[C@@]1(C)O. The number of imidazole rings is 1. The first-order chi connectivity index (χ1) is 23.2. The molecule has 0 bridgehead atoms. The van der Waals surface area contributed by atoms with Crippen LogP contribution in [0, 0.1) is 5.41 Å². The number of carbonyl (C=O) groups excluding carboxylic acids is 1. The number of aliphatic hydroxyl groups excluding tert-OH is 1. The van der Waals surface area contributed by atoms with E-state index in [4.69, 9.17) is 29.0 Å². The number of methoxy groups -OCH3 is 1. The van der Waals surface area contributed by atoms with E-state index in [0.29, 0.717) is 11.1 Å². The summed E-state index contributed by atoms with van der Waals surface area (Å²) in [6.07, 6.45) is -0.480. The fraction of sp³-hybridized carbons (Fsp3) is 0.500. The largest absolute Gasteiger partial charge is 0.479 e. The lowest BCUT2D eigenvalue weighted by Crippen LogP contribution is -2.44. The maximum absolute atomic E-state index is 14.7. The van der Waals surface area contributed by atoms with Crippen LogP contribution in [0.2, 0.25) is 0 Å². The maximum atomic E-state index is 14.7. The van der Waals surface area contributed by atoms with Gasteiger partial charge in [-0.2, -0.15) is 26.8 Å². The Morgan fingerprint density at radius 1 is 1.22 bits per heavy atom. The molecule has 2 aromatic heterocycles. The van der Waals surface area contributed by atoms with Gasteiger partial charge in [-0.1, -0.05) is 57.2 Å². The summed E-state index contributed by atoms with van der Waals surface area (Å²) in [6.45, 7) is 6.81. The number of rotatable bonds is 14. The van der Waals surface area contributed by atoms with E-state index < -0.39 is 50.4 Å². The van der Waals surface area contributed by atoms with Gasteiger partial charge in [-0.25, -0.2) is 9.55 Å². The lowest BCUT2D eigenvalue weighted by atomic mass is 9.96. The second-order valence-electron chi connectivity index (χ2n) is 13.1. The van der Waals surface area contributed by atoms with Gasteiger partial charge in [0.25, 0.3) is 0 Å². The molecule has 1 saturated heterocycles. The number of nitrogens with zero attached hydrogens (tertiary/aromatic N) is 4. The lowest BCUT2D eigenvalue weighted by Gasteiger charge is -2.28. The van der Waals surface area contributed by atoms with Gasteiger partial charge >= 0.3 is 13.7 Å². The Balaban J connectivity index is 1.44. The van der Waals surface area contributed by atoms with Crippen LogP contribution in [-0.2, 0) is 23.4 Å². The highest BCUT2D eigenvalue weighted by Gasteiger charge is 2.54. The molecule has 5 rings (SSSR count). The molecule has 17 heteroatoms. The van der Waals surface area contributed by atoms with E-state index in [1.807, 2.05) is 57.4 Å². The molecule has 15 nitrogen and oxygen atoms in total. The number of benzene rings is 2. The summed E-state index contributed by atoms with van der Waals surface area (Å²) in [5.41, 5.74) is 4.13. The molecule has 266 valence electrons. The zero-order valence-corrected chi connectivity index (χ0v) is 29.9. The quantitative estimate of drug-likeness (QED) is 0.107. The first kappa shape index (κ1) is 36.8. The number of fused-ring (bicyclic) bond motifs is 2. The van der Waals surface area contributed by atoms with Crippen LogP contribution in [-0.4, -0.2) is 91.9 Å². The molecule has 1 aliphatic rings. The van der Waals surface area contributed by atoms with Gasteiger partial charge in [0.2, 0.25) is 11.8 Å². The van der Waals surface area contributed by atoms with Crippen molar-refractivity contribution in [3.63, 3.8) is 0 Å². The molecule has 3 heterocycles. The number of ether oxygens (including phenoxy) is 3. The Labute approximate surface area is 288 Å². The van der Waals surface area contributed by atoms with Gasteiger partial charge in [-0.3, -0.25) is 13.9 Å². The first-order valence-corrected chi connectivity index (χ1v) is 18.5. The number of hydrogen-bond acceptors (Lipinski definition) is 14. The predicted octanol–water partition coefficient (Wildman–Crippen LogP) is 4.08. The van der Waals surface area contributed by atoms with E-state index in [2.05, 4.69) is 20.0 Å². The predicted molar refractivity (Wildman–Crippen MR) is 185 cm³/mol.